The zero-order valence-electron chi connectivity index (χ0n) is 13.3. The molecule has 0 saturated heterocycles. The summed E-state index contributed by atoms with van der Waals surface area (Å²) in [6.07, 6.45) is 0.595. The van der Waals surface area contributed by atoms with Gasteiger partial charge in [0.25, 0.3) is 0 Å². The van der Waals surface area contributed by atoms with E-state index in [4.69, 9.17) is 5.11 Å². The third-order valence-corrected chi connectivity index (χ3v) is 3.56. The Kier molecular flexibility index (Phi) is 5.84. The molecule has 5 heteroatoms. The maximum absolute atomic E-state index is 12.1. The maximum atomic E-state index is 12.1. The van der Waals surface area contributed by atoms with Crippen LogP contribution in [0.1, 0.15) is 51.6 Å². The molecule has 1 aliphatic carbocycles. The number of rotatable bonds is 3. The second-order valence-corrected chi connectivity index (χ2v) is 5.22. The van der Waals surface area contributed by atoms with E-state index in [1.54, 1.807) is 48.5 Å². The standard InChI is InChI=1S/C14H8O2.C5H10O3/c15-13-9-5-1-2-6-10(9)14(16)12-8-4-3-7-11(12)13;1-2-3-4-8-5(6)7/h1-8H;2-4H2,1H3,(H,6,7). The molecule has 0 spiro atoms. The summed E-state index contributed by atoms with van der Waals surface area (Å²) in [5.41, 5.74) is 2.02. The number of ketones is 2. The fraction of sp³-hybridized carbons (Fsp3) is 0.211. The second kappa shape index (κ2) is 8.06. The number of fused-ring (bicyclic) bond motifs is 2. The van der Waals surface area contributed by atoms with Crippen LogP contribution in [0.2, 0.25) is 0 Å². The van der Waals surface area contributed by atoms with Gasteiger partial charge in [0.05, 0.1) is 6.61 Å². The van der Waals surface area contributed by atoms with Gasteiger partial charge in [-0.25, -0.2) is 4.79 Å². The van der Waals surface area contributed by atoms with Crippen molar-refractivity contribution in [3.8, 4) is 0 Å². The third-order valence-electron chi connectivity index (χ3n) is 3.56. The van der Waals surface area contributed by atoms with Crippen molar-refractivity contribution in [2.45, 2.75) is 19.8 Å². The average Bonchev–Trinajstić information content (AvgIpc) is 2.60. The fourth-order valence-electron chi connectivity index (χ4n) is 2.35. The van der Waals surface area contributed by atoms with Crippen LogP contribution in [-0.2, 0) is 4.74 Å². The Morgan fingerprint density at radius 2 is 1.25 bits per heavy atom. The number of hydrogen-bond acceptors (Lipinski definition) is 4. The average molecular weight is 326 g/mol. The topological polar surface area (TPSA) is 80.7 Å². The molecule has 1 N–H and O–H groups in total. The van der Waals surface area contributed by atoms with Crippen LogP contribution in [0.3, 0.4) is 0 Å². The SMILES string of the molecule is CCCCOC(=O)O.O=C1c2ccccc2C(=O)c2ccccc21. The lowest BCUT2D eigenvalue weighted by molar-refractivity contribution is 0.0904. The molecule has 2 aromatic carbocycles. The summed E-state index contributed by atoms with van der Waals surface area (Å²) >= 11 is 0. The molecule has 0 amide bonds. The molecule has 0 aromatic heterocycles. The molecule has 124 valence electrons. The molecule has 0 fully saturated rings. The quantitative estimate of drug-likeness (QED) is 0.582. The van der Waals surface area contributed by atoms with Gasteiger partial charge in [0.2, 0.25) is 0 Å². The smallest absolute Gasteiger partial charge is 0.450 e. The van der Waals surface area contributed by atoms with Gasteiger partial charge in [-0.3, -0.25) is 9.59 Å². The highest BCUT2D eigenvalue weighted by Gasteiger charge is 2.28. The van der Waals surface area contributed by atoms with Crippen molar-refractivity contribution in [1.29, 1.82) is 0 Å². The van der Waals surface area contributed by atoms with Gasteiger partial charge in [-0.05, 0) is 6.42 Å². The van der Waals surface area contributed by atoms with Crippen molar-refractivity contribution < 1.29 is 24.2 Å². The molecule has 2 aromatic rings. The predicted molar refractivity (Wildman–Crippen MR) is 88.6 cm³/mol. The highest BCUT2D eigenvalue weighted by atomic mass is 16.7. The van der Waals surface area contributed by atoms with E-state index >= 15 is 0 Å². The van der Waals surface area contributed by atoms with E-state index in [2.05, 4.69) is 4.74 Å². The van der Waals surface area contributed by atoms with E-state index in [1.165, 1.54) is 0 Å². The van der Waals surface area contributed by atoms with Gasteiger partial charge >= 0.3 is 6.16 Å². The van der Waals surface area contributed by atoms with Crippen LogP contribution in [0.25, 0.3) is 0 Å². The Hall–Kier alpha value is -2.95. The van der Waals surface area contributed by atoms with Crippen LogP contribution in [-0.4, -0.2) is 29.4 Å². The summed E-state index contributed by atoms with van der Waals surface area (Å²) in [5, 5.41) is 7.92. The van der Waals surface area contributed by atoms with E-state index < -0.39 is 6.16 Å². The van der Waals surface area contributed by atoms with Gasteiger partial charge in [-0.2, -0.15) is 0 Å². The van der Waals surface area contributed by atoms with Crippen LogP contribution in [0.15, 0.2) is 48.5 Å². The van der Waals surface area contributed by atoms with Gasteiger partial charge in [0, 0.05) is 22.3 Å². The number of ether oxygens (including phenoxy) is 1. The summed E-state index contributed by atoms with van der Waals surface area (Å²) in [7, 11) is 0. The molecule has 0 radical (unpaired) electrons. The van der Waals surface area contributed by atoms with Crippen molar-refractivity contribution in [3.05, 3.63) is 70.8 Å². The molecule has 0 bridgehead atoms. The van der Waals surface area contributed by atoms with E-state index in [9.17, 15) is 14.4 Å². The summed E-state index contributed by atoms with van der Waals surface area (Å²) in [6, 6.07) is 13.9. The number of carboxylic acid groups (broad SMARTS) is 1. The first-order valence-electron chi connectivity index (χ1n) is 7.69. The molecule has 3 rings (SSSR count). The molecule has 1 aliphatic rings. The van der Waals surface area contributed by atoms with Gasteiger partial charge in [-0.15, -0.1) is 0 Å². The van der Waals surface area contributed by atoms with Crippen LogP contribution in [0.4, 0.5) is 4.79 Å². The minimum Gasteiger partial charge on any atom is -0.450 e. The van der Waals surface area contributed by atoms with Crippen LogP contribution in [0, 0.1) is 0 Å². The van der Waals surface area contributed by atoms with Crippen molar-refractivity contribution in [3.63, 3.8) is 0 Å². The van der Waals surface area contributed by atoms with Gasteiger partial charge < -0.3 is 9.84 Å². The molecular weight excluding hydrogens is 308 g/mol. The van der Waals surface area contributed by atoms with Crippen molar-refractivity contribution in [2.24, 2.45) is 0 Å². The Bertz CT molecular complexity index is 658. The van der Waals surface area contributed by atoms with Gasteiger partial charge in [0.15, 0.2) is 11.6 Å². The normalized spacial score (nSPS) is 11.7. The molecule has 0 atom stereocenters. The fourth-order valence-corrected chi connectivity index (χ4v) is 2.35. The van der Waals surface area contributed by atoms with Crippen molar-refractivity contribution in [2.75, 3.05) is 6.61 Å². The molecule has 0 heterocycles. The number of carbonyl (C=O) groups excluding carboxylic acids is 2. The lowest BCUT2D eigenvalue weighted by atomic mass is 9.84. The minimum atomic E-state index is -1.18. The van der Waals surface area contributed by atoms with Crippen LogP contribution in [0.5, 0.6) is 0 Å². The number of benzene rings is 2. The minimum absolute atomic E-state index is 0.0641. The van der Waals surface area contributed by atoms with Crippen molar-refractivity contribution in [1.82, 2.24) is 0 Å². The first kappa shape index (κ1) is 17.4. The first-order chi connectivity index (χ1) is 11.6. The zero-order valence-corrected chi connectivity index (χ0v) is 13.3. The van der Waals surface area contributed by atoms with E-state index in [-0.39, 0.29) is 11.6 Å². The summed E-state index contributed by atoms with van der Waals surface area (Å²) in [6.45, 7) is 2.30. The summed E-state index contributed by atoms with van der Waals surface area (Å²) in [5.74, 6) is -0.128. The predicted octanol–water partition coefficient (Wildman–Crippen LogP) is 3.94. The second-order valence-electron chi connectivity index (χ2n) is 5.22. The third kappa shape index (κ3) is 3.87. The van der Waals surface area contributed by atoms with Crippen molar-refractivity contribution >= 4 is 17.7 Å². The van der Waals surface area contributed by atoms with E-state index in [1.807, 2.05) is 6.92 Å². The first-order valence-corrected chi connectivity index (χ1v) is 7.69. The Morgan fingerprint density at radius 1 is 0.875 bits per heavy atom. The summed E-state index contributed by atoms with van der Waals surface area (Å²) in [4.78, 5) is 33.9. The van der Waals surface area contributed by atoms with Crippen LogP contribution >= 0.6 is 0 Å². The van der Waals surface area contributed by atoms with E-state index in [0.717, 1.165) is 12.8 Å². The van der Waals surface area contributed by atoms with Crippen LogP contribution < -0.4 is 0 Å². The lowest BCUT2D eigenvalue weighted by Crippen LogP contribution is -2.20. The number of hydrogen-bond donors (Lipinski definition) is 1. The molecular formula is C19H18O5. The van der Waals surface area contributed by atoms with Gasteiger partial charge in [-0.1, -0.05) is 61.9 Å². The molecule has 5 nitrogen and oxygen atoms in total. The zero-order chi connectivity index (χ0) is 17.5. The Labute approximate surface area is 139 Å². The summed E-state index contributed by atoms with van der Waals surface area (Å²) < 4.78 is 4.20. The number of unbranched alkanes of at least 4 members (excludes halogenated alkanes) is 1. The Balaban J connectivity index is 0.000000224. The number of carbonyl (C=O) groups is 3. The molecule has 0 aliphatic heterocycles. The largest absolute Gasteiger partial charge is 0.505 e. The molecule has 24 heavy (non-hydrogen) atoms. The Morgan fingerprint density at radius 3 is 1.54 bits per heavy atom. The molecule has 0 saturated carbocycles. The monoisotopic (exact) mass is 326 g/mol. The van der Waals surface area contributed by atoms with Gasteiger partial charge in [0.1, 0.15) is 0 Å². The molecule has 0 unspecified atom stereocenters. The highest BCUT2D eigenvalue weighted by molar-refractivity contribution is 6.28. The lowest BCUT2D eigenvalue weighted by Gasteiger charge is -2.16. The van der Waals surface area contributed by atoms with E-state index in [0.29, 0.717) is 28.9 Å². The maximum Gasteiger partial charge on any atom is 0.505 e. The highest BCUT2D eigenvalue weighted by Crippen LogP contribution is 2.26.